The zero-order chi connectivity index (χ0) is 16.2. The van der Waals surface area contributed by atoms with Crippen molar-refractivity contribution in [1.29, 1.82) is 0 Å². The molecule has 2 atom stereocenters. The van der Waals surface area contributed by atoms with E-state index >= 15 is 0 Å². The number of nitrogens with zero attached hydrogens (tertiary/aromatic N) is 2. The molecular weight excluding hydrogens is 288 g/mol. The molecule has 124 valence electrons. The normalized spacial score (nSPS) is 27.7. The van der Waals surface area contributed by atoms with Gasteiger partial charge in [0, 0.05) is 44.3 Å². The second-order valence-electron chi connectivity index (χ2n) is 6.77. The summed E-state index contributed by atoms with van der Waals surface area (Å²) in [5, 5.41) is 20.2. The van der Waals surface area contributed by atoms with Crippen LogP contribution in [-0.2, 0) is 6.54 Å². The summed E-state index contributed by atoms with van der Waals surface area (Å²) >= 11 is 0. The first-order chi connectivity index (χ1) is 11.2. The molecule has 2 N–H and O–H groups in total. The third kappa shape index (κ3) is 4.13. The van der Waals surface area contributed by atoms with E-state index in [9.17, 15) is 10.2 Å². The van der Waals surface area contributed by atoms with Crippen LogP contribution < -0.4 is 0 Å². The Morgan fingerprint density at radius 3 is 2.35 bits per heavy atom. The molecule has 1 aromatic carbocycles. The van der Waals surface area contributed by atoms with Gasteiger partial charge in [0.15, 0.2) is 0 Å². The van der Waals surface area contributed by atoms with E-state index in [-0.39, 0.29) is 18.2 Å². The van der Waals surface area contributed by atoms with Crippen LogP contribution in [0.2, 0.25) is 0 Å². The van der Waals surface area contributed by atoms with Crippen LogP contribution in [0, 0.1) is 12.3 Å². The highest BCUT2D eigenvalue weighted by Crippen LogP contribution is 2.22. The Hall–Kier alpha value is -1.38. The molecule has 2 heterocycles. The van der Waals surface area contributed by atoms with Crippen LogP contribution in [0.1, 0.15) is 30.4 Å². The number of terminal acetylenes is 1. The molecule has 0 unspecified atom stereocenters. The molecule has 0 amide bonds. The van der Waals surface area contributed by atoms with Gasteiger partial charge in [0.25, 0.3) is 0 Å². The lowest BCUT2D eigenvalue weighted by molar-refractivity contribution is -0.0355. The van der Waals surface area contributed by atoms with Gasteiger partial charge in [-0.05, 0) is 37.0 Å². The third-order valence-electron chi connectivity index (χ3n) is 5.13. The molecule has 1 aromatic rings. The maximum absolute atomic E-state index is 10.5. The minimum absolute atomic E-state index is 0.158. The number of benzene rings is 1. The van der Waals surface area contributed by atoms with Crippen LogP contribution >= 0.6 is 0 Å². The van der Waals surface area contributed by atoms with Crippen LogP contribution in [0.25, 0.3) is 0 Å². The number of hydrogen-bond donors (Lipinski definition) is 2. The van der Waals surface area contributed by atoms with Gasteiger partial charge in [0.05, 0.1) is 12.2 Å². The summed E-state index contributed by atoms with van der Waals surface area (Å²) in [4.78, 5) is 4.67. The van der Waals surface area contributed by atoms with E-state index in [1.807, 2.05) is 12.1 Å². The fraction of sp³-hybridized carbons (Fsp3) is 0.579. The number of aliphatic hydroxyl groups excluding tert-OH is 2. The van der Waals surface area contributed by atoms with Crippen molar-refractivity contribution in [2.45, 2.75) is 44.1 Å². The predicted octanol–water partition coefficient (Wildman–Crippen LogP) is 1.06. The Morgan fingerprint density at radius 2 is 1.74 bits per heavy atom. The Morgan fingerprint density at radius 1 is 1.04 bits per heavy atom. The van der Waals surface area contributed by atoms with Crippen molar-refractivity contribution in [3.05, 3.63) is 35.4 Å². The lowest BCUT2D eigenvalue weighted by atomic mass is 9.96. The number of piperidine rings is 2. The van der Waals surface area contributed by atoms with Crippen LogP contribution in [-0.4, -0.2) is 64.4 Å². The second kappa shape index (κ2) is 7.46. The molecule has 0 bridgehead atoms. The fourth-order valence-electron chi connectivity index (χ4n) is 3.74. The molecule has 0 saturated carbocycles. The first-order valence-corrected chi connectivity index (χ1v) is 8.54. The zero-order valence-electron chi connectivity index (χ0n) is 13.6. The maximum atomic E-state index is 10.5. The molecule has 0 radical (unpaired) electrons. The molecule has 3 rings (SSSR count). The van der Waals surface area contributed by atoms with Crippen LogP contribution in [0.3, 0.4) is 0 Å². The molecule has 4 nitrogen and oxygen atoms in total. The smallest absolute Gasteiger partial charge is 0.0822 e. The molecule has 2 fully saturated rings. The molecule has 0 spiro atoms. The van der Waals surface area contributed by atoms with E-state index in [1.165, 1.54) is 5.56 Å². The van der Waals surface area contributed by atoms with Crippen molar-refractivity contribution in [1.82, 2.24) is 9.80 Å². The highest BCUT2D eigenvalue weighted by molar-refractivity contribution is 5.34. The summed E-state index contributed by atoms with van der Waals surface area (Å²) in [5.41, 5.74) is 2.13. The van der Waals surface area contributed by atoms with Crippen molar-refractivity contribution in [2.24, 2.45) is 0 Å². The number of aliphatic hydroxyl groups is 2. The van der Waals surface area contributed by atoms with Gasteiger partial charge in [-0.3, -0.25) is 9.80 Å². The summed E-state index contributed by atoms with van der Waals surface area (Å²) in [6.45, 7) is 4.36. The van der Waals surface area contributed by atoms with Gasteiger partial charge in [-0.1, -0.05) is 18.1 Å². The van der Waals surface area contributed by atoms with Gasteiger partial charge < -0.3 is 10.2 Å². The molecule has 2 saturated heterocycles. The maximum Gasteiger partial charge on any atom is 0.0822 e. The Balaban J connectivity index is 1.52. The van der Waals surface area contributed by atoms with Gasteiger partial charge in [-0.15, -0.1) is 6.42 Å². The molecule has 0 aromatic heterocycles. The largest absolute Gasteiger partial charge is 0.393 e. The lowest BCUT2D eigenvalue weighted by Crippen LogP contribution is -2.55. The molecular formula is C19H26N2O2. The number of hydrogen-bond acceptors (Lipinski definition) is 4. The van der Waals surface area contributed by atoms with Crippen LogP contribution in [0.15, 0.2) is 24.3 Å². The van der Waals surface area contributed by atoms with Gasteiger partial charge in [-0.2, -0.15) is 0 Å². The average Bonchev–Trinajstić information content (AvgIpc) is 2.57. The van der Waals surface area contributed by atoms with E-state index < -0.39 is 0 Å². The van der Waals surface area contributed by atoms with E-state index in [2.05, 4.69) is 27.9 Å². The van der Waals surface area contributed by atoms with E-state index in [0.29, 0.717) is 6.54 Å². The topological polar surface area (TPSA) is 46.9 Å². The summed E-state index contributed by atoms with van der Waals surface area (Å²) < 4.78 is 0. The van der Waals surface area contributed by atoms with Crippen molar-refractivity contribution >= 4 is 0 Å². The Bertz CT molecular complexity index is 543. The summed E-state index contributed by atoms with van der Waals surface area (Å²) in [6, 6.07) is 8.32. The minimum atomic E-state index is -0.316. The van der Waals surface area contributed by atoms with Crippen molar-refractivity contribution < 1.29 is 10.2 Å². The Labute approximate surface area is 138 Å². The van der Waals surface area contributed by atoms with Crippen LogP contribution in [0.5, 0.6) is 0 Å². The Kier molecular flexibility index (Phi) is 5.34. The zero-order valence-corrected chi connectivity index (χ0v) is 13.6. The summed E-state index contributed by atoms with van der Waals surface area (Å²) in [7, 11) is 0. The summed E-state index contributed by atoms with van der Waals surface area (Å²) in [6.07, 6.45) is 7.55. The molecule has 2 aliphatic rings. The lowest BCUT2D eigenvalue weighted by Gasteiger charge is -2.43. The average molecular weight is 314 g/mol. The van der Waals surface area contributed by atoms with Crippen LogP contribution in [0.4, 0.5) is 0 Å². The van der Waals surface area contributed by atoms with Gasteiger partial charge in [0.2, 0.25) is 0 Å². The van der Waals surface area contributed by atoms with Gasteiger partial charge in [0.1, 0.15) is 0 Å². The van der Waals surface area contributed by atoms with E-state index in [0.717, 1.165) is 51.0 Å². The molecule has 4 heteroatoms. The first-order valence-electron chi connectivity index (χ1n) is 8.54. The minimum Gasteiger partial charge on any atom is -0.393 e. The standard InChI is InChI=1S/C19H26N2O2/c1-2-15-3-5-16(6-4-15)13-20-10-9-18(19(23)14-20)21-11-7-17(22)8-12-21/h1,3-6,17-19,22-23H,7-14H2/t18-,19-/m1/s1. The van der Waals surface area contributed by atoms with Gasteiger partial charge >= 0.3 is 0 Å². The van der Waals surface area contributed by atoms with Gasteiger partial charge in [-0.25, -0.2) is 0 Å². The quantitative estimate of drug-likeness (QED) is 0.819. The van der Waals surface area contributed by atoms with Crippen molar-refractivity contribution in [3.63, 3.8) is 0 Å². The van der Waals surface area contributed by atoms with Crippen molar-refractivity contribution in [3.8, 4) is 12.3 Å². The number of rotatable bonds is 3. The highest BCUT2D eigenvalue weighted by Gasteiger charge is 2.33. The number of β-amino-alcohol motifs (C(OH)–C–C–N with tert-alkyl or cyclic N) is 1. The van der Waals surface area contributed by atoms with E-state index in [1.54, 1.807) is 0 Å². The summed E-state index contributed by atoms with van der Waals surface area (Å²) in [5.74, 6) is 2.63. The molecule has 0 aliphatic carbocycles. The molecule has 2 aliphatic heterocycles. The number of likely N-dealkylation sites (tertiary alicyclic amines) is 2. The van der Waals surface area contributed by atoms with E-state index in [4.69, 9.17) is 6.42 Å². The SMILES string of the molecule is C#Cc1ccc(CN2CC[C@@H](N3CCC(O)CC3)[C@H](O)C2)cc1. The highest BCUT2D eigenvalue weighted by atomic mass is 16.3. The predicted molar refractivity (Wildman–Crippen MR) is 90.9 cm³/mol. The monoisotopic (exact) mass is 314 g/mol. The fourth-order valence-corrected chi connectivity index (χ4v) is 3.74. The molecule has 23 heavy (non-hydrogen) atoms. The first kappa shape index (κ1) is 16.5. The van der Waals surface area contributed by atoms with Crippen molar-refractivity contribution in [2.75, 3.05) is 26.2 Å². The second-order valence-corrected chi connectivity index (χ2v) is 6.77. The third-order valence-corrected chi connectivity index (χ3v) is 5.13.